The lowest BCUT2D eigenvalue weighted by Crippen LogP contribution is -2.54. The summed E-state index contributed by atoms with van der Waals surface area (Å²) >= 11 is 0. The fourth-order valence-corrected chi connectivity index (χ4v) is 8.10. The third-order valence-corrected chi connectivity index (χ3v) is 9.37. The summed E-state index contributed by atoms with van der Waals surface area (Å²) in [6.45, 7) is 10.1. The highest BCUT2D eigenvalue weighted by molar-refractivity contribution is 5.66. The van der Waals surface area contributed by atoms with Crippen molar-refractivity contribution in [1.82, 2.24) is 0 Å². The Hall–Kier alpha value is -1.32. The van der Waals surface area contributed by atoms with E-state index in [2.05, 4.69) is 19.9 Å². The van der Waals surface area contributed by atoms with Crippen LogP contribution in [-0.4, -0.2) is 24.1 Å². The lowest BCUT2D eigenvalue weighted by atomic mass is 9.44. The lowest BCUT2D eigenvalue weighted by molar-refractivity contribution is -0.159. The number of hydrogen-bond donors (Lipinski definition) is 0. The monoisotopic (exact) mass is 402 g/mol. The van der Waals surface area contributed by atoms with Gasteiger partial charge in [0.05, 0.1) is 0 Å². The second kappa shape index (κ2) is 7.42. The summed E-state index contributed by atoms with van der Waals surface area (Å²) in [4.78, 5) is 22.9. The molecule has 0 amide bonds. The maximum Gasteiger partial charge on any atom is 0.303 e. The zero-order valence-electron chi connectivity index (χ0n) is 18.8. The van der Waals surface area contributed by atoms with Crippen LogP contribution in [0.15, 0.2) is 11.6 Å². The summed E-state index contributed by atoms with van der Waals surface area (Å²) in [5, 5.41) is 0. The molecule has 162 valence electrons. The Bertz CT molecular complexity index is 712. The van der Waals surface area contributed by atoms with E-state index in [4.69, 9.17) is 9.47 Å². The van der Waals surface area contributed by atoms with Crippen molar-refractivity contribution in [2.45, 2.75) is 98.2 Å². The van der Waals surface area contributed by atoms with Crippen LogP contribution in [0.5, 0.6) is 0 Å². The Balaban J connectivity index is 1.50. The number of allylic oxidation sites excluding steroid dienone is 1. The number of fused-ring (bicyclic) bond motifs is 5. The van der Waals surface area contributed by atoms with Crippen molar-refractivity contribution in [2.24, 2.45) is 34.5 Å². The van der Waals surface area contributed by atoms with Crippen LogP contribution in [0, 0.1) is 34.5 Å². The van der Waals surface area contributed by atoms with E-state index < -0.39 is 0 Å². The Morgan fingerprint density at radius 2 is 1.79 bits per heavy atom. The minimum absolute atomic E-state index is 0.106. The molecule has 4 rings (SSSR count). The van der Waals surface area contributed by atoms with Crippen molar-refractivity contribution < 1.29 is 19.1 Å². The number of carbonyl (C=O) groups is 2. The van der Waals surface area contributed by atoms with Gasteiger partial charge >= 0.3 is 11.9 Å². The molecule has 0 bridgehead atoms. The summed E-state index contributed by atoms with van der Waals surface area (Å²) < 4.78 is 11.2. The van der Waals surface area contributed by atoms with Crippen molar-refractivity contribution in [3.63, 3.8) is 0 Å². The first-order chi connectivity index (χ1) is 13.6. The summed E-state index contributed by atoms with van der Waals surface area (Å²) in [7, 11) is 0. The van der Waals surface area contributed by atoms with E-state index >= 15 is 0 Å². The second-order valence-corrected chi connectivity index (χ2v) is 10.8. The number of ether oxygens (including phenoxy) is 2. The van der Waals surface area contributed by atoms with Crippen LogP contribution in [0.2, 0.25) is 0 Å². The molecule has 3 saturated carbocycles. The Kier molecular flexibility index (Phi) is 5.36. The number of esters is 2. The molecular weight excluding hydrogens is 364 g/mol. The highest BCUT2D eigenvalue weighted by Crippen LogP contribution is 2.66. The summed E-state index contributed by atoms with van der Waals surface area (Å²) in [5.41, 5.74) is 1.92. The van der Waals surface area contributed by atoms with Gasteiger partial charge in [-0.05, 0) is 98.4 Å². The van der Waals surface area contributed by atoms with Crippen LogP contribution in [-0.2, 0) is 19.1 Å². The van der Waals surface area contributed by atoms with Crippen molar-refractivity contribution in [1.29, 1.82) is 0 Å². The highest BCUT2D eigenvalue weighted by atomic mass is 16.5. The van der Waals surface area contributed by atoms with Gasteiger partial charge in [0.1, 0.15) is 12.2 Å². The molecule has 4 aliphatic carbocycles. The van der Waals surface area contributed by atoms with Gasteiger partial charge in [-0.15, -0.1) is 0 Å². The summed E-state index contributed by atoms with van der Waals surface area (Å²) in [6.07, 6.45) is 11.8. The predicted octanol–water partition coefficient (Wildman–Crippen LogP) is 5.45. The van der Waals surface area contributed by atoms with E-state index in [0.29, 0.717) is 17.3 Å². The SMILES string of the molecule is CC(=O)O[C@H]1CC[C@@]2(C)[C@@H](CC[C@@H]3[C@@H]2CC[C@]2(C)C([C@H](C)OC(C)=O)=CC[C@@H]32)C1. The Labute approximate surface area is 175 Å². The molecule has 0 saturated heterocycles. The number of carbonyl (C=O) groups excluding carboxylic acids is 2. The molecule has 4 aliphatic rings. The van der Waals surface area contributed by atoms with Gasteiger partial charge in [0.2, 0.25) is 0 Å². The molecule has 0 aromatic rings. The average Bonchev–Trinajstić information content (AvgIpc) is 2.98. The van der Waals surface area contributed by atoms with Crippen LogP contribution in [0.4, 0.5) is 0 Å². The molecule has 0 spiro atoms. The van der Waals surface area contributed by atoms with Crippen LogP contribution in [0.1, 0.15) is 86.0 Å². The zero-order valence-corrected chi connectivity index (χ0v) is 18.8. The van der Waals surface area contributed by atoms with Crippen LogP contribution < -0.4 is 0 Å². The molecule has 3 fully saturated rings. The minimum Gasteiger partial charge on any atom is -0.463 e. The zero-order chi connectivity index (χ0) is 21.0. The summed E-state index contributed by atoms with van der Waals surface area (Å²) in [5.74, 6) is 2.58. The van der Waals surface area contributed by atoms with E-state index in [1.807, 2.05) is 6.92 Å². The molecular formula is C25H38O4. The van der Waals surface area contributed by atoms with Gasteiger partial charge in [0, 0.05) is 13.8 Å². The minimum atomic E-state index is -0.184. The van der Waals surface area contributed by atoms with E-state index in [1.54, 1.807) is 0 Å². The van der Waals surface area contributed by atoms with Crippen LogP contribution in [0.3, 0.4) is 0 Å². The third kappa shape index (κ3) is 3.45. The highest BCUT2D eigenvalue weighted by Gasteiger charge is 2.59. The second-order valence-electron chi connectivity index (χ2n) is 10.8. The van der Waals surface area contributed by atoms with Gasteiger partial charge in [-0.2, -0.15) is 0 Å². The molecule has 0 aromatic carbocycles. The van der Waals surface area contributed by atoms with Crippen molar-refractivity contribution in [2.75, 3.05) is 0 Å². The van der Waals surface area contributed by atoms with Crippen molar-refractivity contribution in [3.05, 3.63) is 11.6 Å². The lowest BCUT2D eigenvalue weighted by Gasteiger charge is -2.61. The van der Waals surface area contributed by atoms with E-state index in [0.717, 1.165) is 31.1 Å². The van der Waals surface area contributed by atoms with Gasteiger partial charge in [0.15, 0.2) is 0 Å². The van der Waals surface area contributed by atoms with E-state index in [1.165, 1.54) is 51.5 Å². The molecule has 4 heteroatoms. The fourth-order valence-electron chi connectivity index (χ4n) is 8.10. The average molecular weight is 403 g/mol. The van der Waals surface area contributed by atoms with E-state index in [-0.39, 0.29) is 29.6 Å². The van der Waals surface area contributed by atoms with Gasteiger partial charge < -0.3 is 9.47 Å². The fraction of sp³-hybridized carbons (Fsp3) is 0.840. The summed E-state index contributed by atoms with van der Waals surface area (Å²) in [6, 6.07) is 0. The molecule has 0 N–H and O–H groups in total. The first-order valence-corrected chi connectivity index (χ1v) is 11.7. The van der Waals surface area contributed by atoms with Gasteiger partial charge in [-0.3, -0.25) is 9.59 Å². The van der Waals surface area contributed by atoms with Crippen molar-refractivity contribution >= 4 is 11.9 Å². The van der Waals surface area contributed by atoms with Gasteiger partial charge in [0.25, 0.3) is 0 Å². The molecule has 0 aromatic heterocycles. The largest absolute Gasteiger partial charge is 0.463 e. The Morgan fingerprint density at radius 1 is 1.03 bits per heavy atom. The van der Waals surface area contributed by atoms with Crippen LogP contribution >= 0.6 is 0 Å². The standard InChI is InChI=1S/C25H38O4/c1-15(28-16(2)26)21-8-9-22-20-7-6-18-14-19(29-17(3)27)10-12-24(18,4)23(20)11-13-25(21,22)5/h8,15,18-20,22-23H,6-7,9-14H2,1-5H3/t15-,18-,19-,20-,22-,23-,24-,25+/m0/s1. The normalized spacial score (nSPS) is 44.6. The maximum atomic E-state index is 11.5. The Morgan fingerprint density at radius 3 is 2.48 bits per heavy atom. The van der Waals surface area contributed by atoms with Crippen LogP contribution in [0.25, 0.3) is 0 Å². The molecule has 0 heterocycles. The number of hydrogen-bond acceptors (Lipinski definition) is 4. The topological polar surface area (TPSA) is 52.6 Å². The molecule has 0 radical (unpaired) electrons. The first-order valence-electron chi connectivity index (χ1n) is 11.7. The molecule has 0 aliphatic heterocycles. The maximum absolute atomic E-state index is 11.5. The third-order valence-electron chi connectivity index (χ3n) is 9.37. The van der Waals surface area contributed by atoms with Gasteiger partial charge in [-0.1, -0.05) is 19.9 Å². The van der Waals surface area contributed by atoms with E-state index in [9.17, 15) is 9.59 Å². The smallest absolute Gasteiger partial charge is 0.303 e. The van der Waals surface area contributed by atoms with Gasteiger partial charge in [-0.25, -0.2) is 0 Å². The number of rotatable bonds is 3. The molecule has 8 atom stereocenters. The molecule has 4 nitrogen and oxygen atoms in total. The predicted molar refractivity (Wildman–Crippen MR) is 112 cm³/mol. The van der Waals surface area contributed by atoms with Crippen molar-refractivity contribution in [3.8, 4) is 0 Å². The molecule has 0 unspecified atom stereocenters. The molecule has 29 heavy (non-hydrogen) atoms. The first kappa shape index (κ1) is 20.9. The quantitative estimate of drug-likeness (QED) is 0.465.